The van der Waals surface area contributed by atoms with Gasteiger partial charge in [0.2, 0.25) is 0 Å². The topological polar surface area (TPSA) is 60.0 Å². The molecule has 2 heterocycles. The fourth-order valence-electron chi connectivity index (χ4n) is 3.64. The van der Waals surface area contributed by atoms with E-state index < -0.39 is 11.6 Å². The van der Waals surface area contributed by atoms with Gasteiger partial charge in [-0.25, -0.2) is 8.78 Å². The van der Waals surface area contributed by atoms with Crippen molar-refractivity contribution < 1.29 is 27.8 Å². The van der Waals surface area contributed by atoms with Crippen molar-refractivity contribution in [3.63, 3.8) is 0 Å². The number of nitrogens with zero attached hydrogens (tertiary/aromatic N) is 1. The molecule has 32 heavy (non-hydrogen) atoms. The van der Waals surface area contributed by atoms with Crippen molar-refractivity contribution in [3.8, 4) is 11.5 Å². The second-order valence-corrected chi connectivity index (χ2v) is 7.86. The predicted molar refractivity (Wildman–Crippen MR) is 118 cm³/mol. The van der Waals surface area contributed by atoms with E-state index >= 15 is 0 Å². The van der Waals surface area contributed by atoms with Crippen molar-refractivity contribution in [3.05, 3.63) is 64.9 Å². The zero-order valence-corrected chi connectivity index (χ0v) is 18.2. The van der Waals surface area contributed by atoms with E-state index in [0.29, 0.717) is 40.8 Å². The lowest BCUT2D eigenvalue weighted by atomic mass is 10.1. The number of hydrogen-bond acceptors (Lipinski definition) is 5. The Morgan fingerprint density at radius 3 is 2.78 bits per heavy atom. The molecule has 0 aromatic heterocycles. The van der Waals surface area contributed by atoms with E-state index in [1.807, 2.05) is 0 Å². The van der Waals surface area contributed by atoms with Crippen molar-refractivity contribution in [2.45, 2.75) is 25.6 Å². The highest BCUT2D eigenvalue weighted by Crippen LogP contribution is 2.26. The summed E-state index contributed by atoms with van der Waals surface area (Å²) in [6.07, 6.45) is 3.57. The fraction of sp³-hybridized carbons (Fsp3) is 0.304. The molecule has 0 aliphatic carbocycles. The van der Waals surface area contributed by atoms with Crippen LogP contribution < -0.4 is 14.8 Å². The summed E-state index contributed by atoms with van der Waals surface area (Å²) < 4.78 is 43.4. The third-order valence-corrected chi connectivity index (χ3v) is 5.59. The SMILES string of the molecule is COc1ccc(/C=C2/NC(=S)N(CC3CCCO3)C2=O)cc1COc1ccc(F)cc1F. The standard InChI is InChI=1S/C23H22F2N2O4S/c1-29-20-6-4-14(9-15(20)13-31-21-7-5-16(24)11-18(21)25)10-19-22(28)27(23(32)26-19)12-17-3-2-8-30-17/h4-7,9-11,17H,2-3,8,12-13H2,1H3,(H,26,32)/b19-10+. The van der Waals surface area contributed by atoms with Gasteiger partial charge in [-0.15, -0.1) is 0 Å². The minimum Gasteiger partial charge on any atom is -0.496 e. The average Bonchev–Trinajstić information content (AvgIpc) is 3.37. The van der Waals surface area contributed by atoms with E-state index in [9.17, 15) is 13.6 Å². The maximum absolute atomic E-state index is 13.9. The summed E-state index contributed by atoms with van der Waals surface area (Å²) in [5, 5.41) is 3.31. The molecule has 0 bridgehead atoms. The highest BCUT2D eigenvalue weighted by atomic mass is 32.1. The Bertz CT molecular complexity index is 1070. The first-order chi connectivity index (χ1) is 15.4. The van der Waals surface area contributed by atoms with Crippen LogP contribution >= 0.6 is 12.2 Å². The van der Waals surface area contributed by atoms with Gasteiger partial charge in [-0.05, 0) is 61.0 Å². The van der Waals surface area contributed by atoms with Gasteiger partial charge < -0.3 is 19.5 Å². The molecular formula is C23H22F2N2O4S. The first kappa shape index (κ1) is 22.2. The van der Waals surface area contributed by atoms with E-state index in [1.165, 1.54) is 18.1 Å². The monoisotopic (exact) mass is 460 g/mol. The van der Waals surface area contributed by atoms with Crippen LogP contribution in [0.3, 0.4) is 0 Å². The van der Waals surface area contributed by atoms with E-state index in [2.05, 4.69) is 5.32 Å². The number of rotatable bonds is 7. The summed E-state index contributed by atoms with van der Waals surface area (Å²) >= 11 is 5.32. The largest absolute Gasteiger partial charge is 0.496 e. The maximum Gasteiger partial charge on any atom is 0.276 e. The minimum atomic E-state index is -0.789. The Morgan fingerprint density at radius 1 is 1.25 bits per heavy atom. The van der Waals surface area contributed by atoms with Crippen molar-refractivity contribution in [1.29, 1.82) is 0 Å². The number of amides is 1. The van der Waals surface area contributed by atoms with Gasteiger partial charge in [-0.1, -0.05) is 6.07 Å². The molecule has 0 spiro atoms. The van der Waals surface area contributed by atoms with E-state index in [-0.39, 0.29) is 24.4 Å². The molecule has 0 saturated carbocycles. The second-order valence-electron chi connectivity index (χ2n) is 7.47. The molecule has 1 N–H and O–H groups in total. The summed E-state index contributed by atoms with van der Waals surface area (Å²) in [5.74, 6) is -1.22. The molecule has 6 nitrogen and oxygen atoms in total. The Hall–Kier alpha value is -3.04. The van der Waals surface area contributed by atoms with Gasteiger partial charge in [0.15, 0.2) is 16.7 Å². The molecule has 9 heteroatoms. The van der Waals surface area contributed by atoms with Crippen LogP contribution in [0, 0.1) is 11.6 Å². The second kappa shape index (κ2) is 9.62. The van der Waals surface area contributed by atoms with Crippen LogP contribution in [0.15, 0.2) is 42.1 Å². The van der Waals surface area contributed by atoms with Gasteiger partial charge >= 0.3 is 0 Å². The number of carbonyl (C=O) groups is 1. The van der Waals surface area contributed by atoms with Crippen molar-refractivity contribution in [2.24, 2.45) is 0 Å². The van der Waals surface area contributed by atoms with E-state index in [4.69, 9.17) is 26.4 Å². The van der Waals surface area contributed by atoms with Gasteiger partial charge in [-0.2, -0.15) is 0 Å². The Balaban J connectivity index is 1.50. The van der Waals surface area contributed by atoms with Crippen LogP contribution in [-0.2, 0) is 16.1 Å². The van der Waals surface area contributed by atoms with Crippen LogP contribution in [0.1, 0.15) is 24.0 Å². The average molecular weight is 461 g/mol. The van der Waals surface area contributed by atoms with Crippen molar-refractivity contribution in [1.82, 2.24) is 10.2 Å². The van der Waals surface area contributed by atoms with E-state index in [1.54, 1.807) is 24.3 Å². The van der Waals surface area contributed by atoms with Crippen molar-refractivity contribution in [2.75, 3.05) is 20.3 Å². The number of hydrogen-bond donors (Lipinski definition) is 1. The molecule has 2 fully saturated rings. The zero-order chi connectivity index (χ0) is 22.7. The van der Waals surface area contributed by atoms with Crippen LogP contribution in [0.4, 0.5) is 8.78 Å². The molecule has 2 saturated heterocycles. The molecule has 4 rings (SSSR count). The lowest BCUT2D eigenvalue weighted by Gasteiger charge is -2.18. The molecule has 1 unspecified atom stereocenters. The summed E-state index contributed by atoms with van der Waals surface area (Å²) in [5.41, 5.74) is 1.70. The first-order valence-electron chi connectivity index (χ1n) is 10.2. The van der Waals surface area contributed by atoms with Crippen molar-refractivity contribution >= 4 is 29.3 Å². The third-order valence-electron chi connectivity index (χ3n) is 5.27. The quantitative estimate of drug-likeness (QED) is 0.501. The minimum absolute atomic E-state index is 0.00496. The van der Waals surface area contributed by atoms with Gasteiger partial charge in [0, 0.05) is 18.2 Å². The smallest absolute Gasteiger partial charge is 0.276 e. The number of carbonyl (C=O) groups excluding carboxylic acids is 1. The van der Waals surface area contributed by atoms with Crippen LogP contribution in [0.25, 0.3) is 6.08 Å². The number of methoxy groups -OCH3 is 1. The molecule has 2 aliphatic rings. The molecule has 2 aromatic carbocycles. The number of thiocarbonyl (C=S) groups is 1. The molecule has 0 radical (unpaired) electrons. The Labute approximate surface area is 189 Å². The van der Waals surface area contributed by atoms with Crippen LogP contribution in [0.5, 0.6) is 11.5 Å². The fourth-order valence-corrected chi connectivity index (χ4v) is 3.91. The lowest BCUT2D eigenvalue weighted by Crippen LogP contribution is -2.37. The highest BCUT2D eigenvalue weighted by Gasteiger charge is 2.33. The lowest BCUT2D eigenvalue weighted by molar-refractivity contribution is -0.123. The predicted octanol–water partition coefficient (Wildman–Crippen LogP) is 3.79. The summed E-state index contributed by atoms with van der Waals surface area (Å²) in [6, 6.07) is 8.40. The zero-order valence-electron chi connectivity index (χ0n) is 17.4. The number of nitrogens with one attached hydrogen (secondary N) is 1. The highest BCUT2D eigenvalue weighted by molar-refractivity contribution is 7.80. The van der Waals surface area contributed by atoms with Gasteiger partial charge in [0.1, 0.15) is 23.9 Å². The summed E-state index contributed by atoms with van der Waals surface area (Å²) in [6.45, 7) is 1.12. The first-order valence-corrected chi connectivity index (χ1v) is 10.6. The normalized spacial score (nSPS) is 19.5. The van der Waals surface area contributed by atoms with Gasteiger partial charge in [0.25, 0.3) is 5.91 Å². The Kier molecular flexibility index (Phi) is 6.66. The maximum atomic E-state index is 13.9. The van der Waals surface area contributed by atoms with Gasteiger partial charge in [-0.3, -0.25) is 9.69 Å². The van der Waals surface area contributed by atoms with Gasteiger partial charge in [0.05, 0.1) is 19.8 Å². The number of ether oxygens (including phenoxy) is 3. The molecule has 2 aliphatic heterocycles. The third kappa shape index (κ3) is 4.89. The molecule has 1 atom stereocenters. The molecule has 2 aromatic rings. The number of benzene rings is 2. The summed E-state index contributed by atoms with van der Waals surface area (Å²) in [4.78, 5) is 14.3. The van der Waals surface area contributed by atoms with Crippen LogP contribution in [0.2, 0.25) is 0 Å². The Morgan fingerprint density at radius 2 is 2.06 bits per heavy atom. The summed E-state index contributed by atoms with van der Waals surface area (Å²) in [7, 11) is 1.51. The number of halogens is 2. The molecule has 168 valence electrons. The van der Waals surface area contributed by atoms with Crippen LogP contribution in [-0.4, -0.2) is 42.3 Å². The molecule has 1 amide bonds. The molecular weight excluding hydrogens is 438 g/mol. The van der Waals surface area contributed by atoms with E-state index in [0.717, 1.165) is 25.0 Å².